The number of benzene rings is 1. The van der Waals surface area contributed by atoms with Crippen molar-refractivity contribution in [2.75, 3.05) is 0 Å². The Labute approximate surface area is 93.0 Å². The first-order chi connectivity index (χ1) is 6.84. The Morgan fingerprint density at radius 3 is 2.87 bits per heavy atom. The van der Waals surface area contributed by atoms with Gasteiger partial charge in [-0.1, -0.05) is 6.07 Å². The molecule has 3 rings (SSSR count). The van der Waals surface area contributed by atoms with Gasteiger partial charge in [-0.3, -0.25) is 4.79 Å². The Bertz CT molecular complexity index is 546. The molecule has 78 valence electrons. The highest BCUT2D eigenvalue weighted by molar-refractivity contribution is 5.85. The third-order valence-electron chi connectivity index (χ3n) is 2.71. The lowest BCUT2D eigenvalue weighted by Crippen LogP contribution is -2.06. The number of nitrogens with zero attached hydrogens (tertiary/aromatic N) is 1. The molecule has 1 aliphatic rings. The Kier molecular flexibility index (Phi) is 2.49. The minimum Gasteiger partial charge on any atom is -0.313 e. The number of rotatable bonds is 1. The van der Waals surface area contributed by atoms with E-state index in [1.807, 2.05) is 18.2 Å². The van der Waals surface area contributed by atoms with Crippen LogP contribution in [0, 0.1) is 0 Å². The van der Waals surface area contributed by atoms with E-state index in [0.717, 1.165) is 5.52 Å². The van der Waals surface area contributed by atoms with Crippen molar-refractivity contribution in [1.29, 1.82) is 0 Å². The molecule has 0 spiro atoms. The smallest absolute Gasteiger partial charge is 0.258 e. The van der Waals surface area contributed by atoms with E-state index < -0.39 is 0 Å². The van der Waals surface area contributed by atoms with Gasteiger partial charge in [0.1, 0.15) is 0 Å². The predicted octanol–water partition coefficient (Wildman–Crippen LogP) is 2.22. The maximum absolute atomic E-state index is 11.4. The number of fused-ring (bicyclic) bond motifs is 1. The molecule has 0 atom stereocenters. The summed E-state index contributed by atoms with van der Waals surface area (Å²) in [5, 5.41) is 0.678. The second kappa shape index (κ2) is 3.66. The SMILES string of the molecule is Cl.O=c1[nH]cnc2cc(C3CC3)ccc12. The number of hydrogen-bond acceptors (Lipinski definition) is 2. The fourth-order valence-corrected chi connectivity index (χ4v) is 1.76. The predicted molar refractivity (Wildman–Crippen MR) is 61.6 cm³/mol. The zero-order valence-electron chi connectivity index (χ0n) is 8.06. The fourth-order valence-electron chi connectivity index (χ4n) is 1.76. The minimum atomic E-state index is -0.0580. The fraction of sp³-hybridized carbons (Fsp3) is 0.273. The van der Waals surface area contributed by atoms with E-state index in [4.69, 9.17) is 0 Å². The van der Waals surface area contributed by atoms with Crippen LogP contribution >= 0.6 is 12.4 Å². The molecular weight excluding hydrogens is 212 g/mol. The zero-order chi connectivity index (χ0) is 9.54. The Morgan fingerprint density at radius 1 is 1.33 bits per heavy atom. The molecule has 0 radical (unpaired) electrons. The summed E-state index contributed by atoms with van der Waals surface area (Å²) in [7, 11) is 0. The first-order valence-electron chi connectivity index (χ1n) is 4.82. The van der Waals surface area contributed by atoms with Crippen LogP contribution in [-0.4, -0.2) is 9.97 Å². The van der Waals surface area contributed by atoms with Gasteiger partial charge in [0.2, 0.25) is 0 Å². The van der Waals surface area contributed by atoms with Gasteiger partial charge < -0.3 is 4.98 Å². The zero-order valence-corrected chi connectivity index (χ0v) is 8.88. The number of nitrogens with one attached hydrogen (secondary N) is 1. The van der Waals surface area contributed by atoms with Crippen LogP contribution in [0.1, 0.15) is 24.3 Å². The van der Waals surface area contributed by atoms with Crippen molar-refractivity contribution in [1.82, 2.24) is 9.97 Å². The van der Waals surface area contributed by atoms with E-state index in [1.165, 1.54) is 24.7 Å². The molecule has 1 saturated carbocycles. The number of H-pyrrole nitrogens is 1. The van der Waals surface area contributed by atoms with Gasteiger partial charge in [0.15, 0.2) is 0 Å². The molecule has 3 nitrogen and oxygen atoms in total. The van der Waals surface area contributed by atoms with Gasteiger partial charge in [-0.2, -0.15) is 0 Å². The van der Waals surface area contributed by atoms with Crippen LogP contribution < -0.4 is 5.56 Å². The van der Waals surface area contributed by atoms with Crippen molar-refractivity contribution in [2.24, 2.45) is 0 Å². The molecule has 1 heterocycles. The summed E-state index contributed by atoms with van der Waals surface area (Å²) in [5.41, 5.74) is 2.06. The first-order valence-corrected chi connectivity index (χ1v) is 4.82. The Balaban J connectivity index is 0.000000853. The van der Waals surface area contributed by atoms with Crippen LogP contribution in [0.15, 0.2) is 29.3 Å². The second-order valence-electron chi connectivity index (χ2n) is 3.78. The summed E-state index contributed by atoms with van der Waals surface area (Å²) in [4.78, 5) is 18.1. The topological polar surface area (TPSA) is 45.8 Å². The maximum atomic E-state index is 11.4. The van der Waals surface area contributed by atoms with Gasteiger partial charge >= 0.3 is 0 Å². The summed E-state index contributed by atoms with van der Waals surface area (Å²) < 4.78 is 0. The number of aromatic nitrogens is 2. The van der Waals surface area contributed by atoms with Crippen molar-refractivity contribution in [3.8, 4) is 0 Å². The standard InChI is InChI=1S/C11H10N2O.ClH/c14-11-9-4-3-8(7-1-2-7)5-10(9)12-6-13-11;/h3-7H,1-2H2,(H,12,13,14);1H. The van der Waals surface area contributed by atoms with Gasteiger partial charge in [-0.15, -0.1) is 12.4 Å². The maximum Gasteiger partial charge on any atom is 0.258 e. The number of halogens is 1. The molecule has 1 aromatic carbocycles. The van der Waals surface area contributed by atoms with Crippen LogP contribution in [0.5, 0.6) is 0 Å². The first kappa shape index (κ1) is 10.2. The second-order valence-corrected chi connectivity index (χ2v) is 3.78. The minimum absolute atomic E-state index is 0. The van der Waals surface area contributed by atoms with E-state index in [0.29, 0.717) is 11.3 Å². The van der Waals surface area contributed by atoms with Gasteiger partial charge in [-0.05, 0) is 36.5 Å². The van der Waals surface area contributed by atoms with Crippen molar-refractivity contribution in [3.05, 3.63) is 40.4 Å². The largest absolute Gasteiger partial charge is 0.313 e. The van der Waals surface area contributed by atoms with Crippen molar-refractivity contribution < 1.29 is 0 Å². The Morgan fingerprint density at radius 2 is 2.13 bits per heavy atom. The average Bonchev–Trinajstić information content (AvgIpc) is 3.01. The molecule has 0 amide bonds. The quantitative estimate of drug-likeness (QED) is 0.804. The molecular formula is C11H11ClN2O. The third kappa shape index (κ3) is 1.75. The lowest BCUT2D eigenvalue weighted by molar-refractivity contribution is 1.12. The van der Waals surface area contributed by atoms with E-state index in [2.05, 4.69) is 9.97 Å². The molecule has 0 saturated heterocycles. The van der Waals surface area contributed by atoms with Crippen LogP contribution in [0.3, 0.4) is 0 Å². The lowest BCUT2D eigenvalue weighted by Gasteiger charge is -1.99. The van der Waals surface area contributed by atoms with E-state index in [-0.39, 0.29) is 18.0 Å². The van der Waals surface area contributed by atoms with Gasteiger partial charge in [0.25, 0.3) is 5.56 Å². The highest BCUT2D eigenvalue weighted by atomic mass is 35.5. The molecule has 1 aromatic heterocycles. The molecule has 2 aromatic rings. The van der Waals surface area contributed by atoms with Crippen molar-refractivity contribution in [3.63, 3.8) is 0 Å². The molecule has 1 fully saturated rings. The van der Waals surface area contributed by atoms with Crippen molar-refractivity contribution >= 4 is 23.3 Å². The molecule has 1 N–H and O–H groups in total. The third-order valence-corrected chi connectivity index (χ3v) is 2.71. The highest BCUT2D eigenvalue weighted by Gasteiger charge is 2.23. The summed E-state index contributed by atoms with van der Waals surface area (Å²) in [6.07, 6.45) is 4.00. The summed E-state index contributed by atoms with van der Waals surface area (Å²) in [6, 6.07) is 5.94. The molecule has 0 bridgehead atoms. The molecule has 0 aliphatic heterocycles. The van der Waals surface area contributed by atoms with Gasteiger partial charge in [-0.25, -0.2) is 4.98 Å². The summed E-state index contributed by atoms with van der Waals surface area (Å²) in [5.74, 6) is 0.709. The van der Waals surface area contributed by atoms with Crippen LogP contribution in [0.2, 0.25) is 0 Å². The molecule has 1 aliphatic carbocycles. The molecule has 15 heavy (non-hydrogen) atoms. The van der Waals surface area contributed by atoms with Crippen LogP contribution in [-0.2, 0) is 0 Å². The normalized spacial score (nSPS) is 14.9. The van der Waals surface area contributed by atoms with Crippen LogP contribution in [0.4, 0.5) is 0 Å². The van der Waals surface area contributed by atoms with E-state index >= 15 is 0 Å². The lowest BCUT2D eigenvalue weighted by atomic mass is 10.1. The summed E-state index contributed by atoms with van der Waals surface area (Å²) in [6.45, 7) is 0. The monoisotopic (exact) mass is 222 g/mol. The summed E-state index contributed by atoms with van der Waals surface area (Å²) >= 11 is 0. The average molecular weight is 223 g/mol. The van der Waals surface area contributed by atoms with Gasteiger partial charge in [0, 0.05) is 0 Å². The van der Waals surface area contributed by atoms with Crippen molar-refractivity contribution in [2.45, 2.75) is 18.8 Å². The van der Waals surface area contributed by atoms with E-state index in [1.54, 1.807) is 0 Å². The number of hydrogen-bond donors (Lipinski definition) is 1. The van der Waals surface area contributed by atoms with Crippen LogP contribution in [0.25, 0.3) is 10.9 Å². The van der Waals surface area contributed by atoms with E-state index in [9.17, 15) is 4.79 Å². The number of aromatic amines is 1. The van der Waals surface area contributed by atoms with Gasteiger partial charge in [0.05, 0.1) is 17.2 Å². The Hall–Kier alpha value is -1.35. The molecule has 4 heteroatoms. The molecule has 0 unspecified atom stereocenters. The highest BCUT2D eigenvalue weighted by Crippen LogP contribution is 2.40.